The summed E-state index contributed by atoms with van der Waals surface area (Å²) >= 11 is 5.98. The molecule has 17 heavy (non-hydrogen) atoms. The van der Waals surface area contributed by atoms with Crippen LogP contribution >= 0.6 is 38.5 Å². The second-order valence-electron chi connectivity index (χ2n) is 4.11. The summed E-state index contributed by atoms with van der Waals surface area (Å²) in [6.45, 7) is 1.66. The highest BCUT2D eigenvalue weighted by atomic mass is 127. The largest absolute Gasteiger partial charge is 0.381 e. The third-order valence-corrected chi connectivity index (χ3v) is 4.44. The lowest BCUT2D eigenvalue weighted by molar-refractivity contribution is -0.0613. The Bertz CT molecular complexity index is 353. The van der Waals surface area contributed by atoms with E-state index < -0.39 is 0 Å². The monoisotopic (exact) mass is 410 g/mol. The summed E-state index contributed by atoms with van der Waals surface area (Å²) in [5, 5.41) is 0. The van der Waals surface area contributed by atoms with E-state index in [-0.39, 0.29) is 6.10 Å². The number of benzene rings is 1. The molecule has 2 rings (SSSR count). The molecule has 0 amide bonds. The molecule has 0 bridgehead atoms. The minimum atomic E-state index is 0.175. The Kier molecular flexibility index (Phi) is 5.72. The van der Waals surface area contributed by atoms with Crippen molar-refractivity contribution >= 4 is 38.5 Å². The fourth-order valence-corrected chi connectivity index (χ4v) is 3.20. The number of rotatable bonds is 4. The van der Waals surface area contributed by atoms with E-state index in [0.717, 1.165) is 35.0 Å². The van der Waals surface area contributed by atoms with Crippen molar-refractivity contribution in [1.82, 2.24) is 0 Å². The summed E-state index contributed by atoms with van der Waals surface area (Å²) in [6, 6.07) is 8.30. The van der Waals surface area contributed by atoms with Crippen molar-refractivity contribution in [3.63, 3.8) is 0 Å². The van der Waals surface area contributed by atoms with Crippen molar-refractivity contribution in [2.24, 2.45) is 0 Å². The van der Waals surface area contributed by atoms with E-state index in [2.05, 4.69) is 56.7 Å². The SMILES string of the molecule is Brc1ccccc1C(CI)OC1CCOCC1. The topological polar surface area (TPSA) is 18.5 Å². The molecule has 1 fully saturated rings. The van der Waals surface area contributed by atoms with Crippen LogP contribution in [0, 0.1) is 0 Å². The third kappa shape index (κ3) is 3.91. The lowest BCUT2D eigenvalue weighted by Gasteiger charge is -2.27. The summed E-state index contributed by atoms with van der Waals surface area (Å²) in [4.78, 5) is 0. The van der Waals surface area contributed by atoms with E-state index >= 15 is 0 Å². The molecule has 94 valence electrons. The quantitative estimate of drug-likeness (QED) is 0.549. The minimum absolute atomic E-state index is 0.175. The van der Waals surface area contributed by atoms with Crippen molar-refractivity contribution in [1.29, 1.82) is 0 Å². The van der Waals surface area contributed by atoms with Crippen LogP contribution < -0.4 is 0 Å². The van der Waals surface area contributed by atoms with Crippen LogP contribution in [-0.2, 0) is 9.47 Å². The van der Waals surface area contributed by atoms with Gasteiger partial charge in [0.15, 0.2) is 0 Å². The van der Waals surface area contributed by atoms with Gasteiger partial charge in [-0.1, -0.05) is 56.7 Å². The van der Waals surface area contributed by atoms with Crippen molar-refractivity contribution in [3.8, 4) is 0 Å². The normalized spacial score (nSPS) is 19.2. The molecule has 0 aromatic heterocycles. The maximum absolute atomic E-state index is 6.19. The predicted molar refractivity (Wildman–Crippen MR) is 80.7 cm³/mol. The number of halogens is 2. The highest BCUT2D eigenvalue weighted by molar-refractivity contribution is 14.1. The van der Waals surface area contributed by atoms with Crippen LogP contribution in [0.2, 0.25) is 0 Å². The first-order valence-corrected chi connectivity index (χ1v) is 8.16. The van der Waals surface area contributed by atoms with Gasteiger partial charge in [-0.05, 0) is 24.5 Å². The van der Waals surface area contributed by atoms with Crippen LogP contribution in [0.3, 0.4) is 0 Å². The lowest BCUT2D eigenvalue weighted by Crippen LogP contribution is -2.25. The van der Waals surface area contributed by atoms with Crippen molar-refractivity contribution < 1.29 is 9.47 Å². The fourth-order valence-electron chi connectivity index (χ4n) is 1.97. The van der Waals surface area contributed by atoms with Gasteiger partial charge in [0.05, 0.1) is 12.2 Å². The van der Waals surface area contributed by atoms with E-state index in [1.807, 2.05) is 6.07 Å². The van der Waals surface area contributed by atoms with Crippen LogP contribution in [0.15, 0.2) is 28.7 Å². The van der Waals surface area contributed by atoms with Gasteiger partial charge in [0.1, 0.15) is 0 Å². The van der Waals surface area contributed by atoms with Gasteiger partial charge in [-0.15, -0.1) is 0 Å². The van der Waals surface area contributed by atoms with Gasteiger partial charge in [0.2, 0.25) is 0 Å². The van der Waals surface area contributed by atoms with Crippen LogP contribution in [-0.4, -0.2) is 23.7 Å². The summed E-state index contributed by atoms with van der Waals surface area (Å²) in [7, 11) is 0. The molecule has 4 heteroatoms. The molecule has 1 saturated heterocycles. The van der Waals surface area contributed by atoms with Crippen LogP contribution in [0.4, 0.5) is 0 Å². The molecular weight excluding hydrogens is 395 g/mol. The standard InChI is InChI=1S/C13H16BrIO2/c14-12-4-2-1-3-11(12)13(9-15)17-10-5-7-16-8-6-10/h1-4,10,13H,5-9H2. The fraction of sp³-hybridized carbons (Fsp3) is 0.538. The summed E-state index contributed by atoms with van der Waals surface area (Å²) in [5.41, 5.74) is 1.24. The first kappa shape index (κ1) is 13.8. The number of hydrogen-bond acceptors (Lipinski definition) is 2. The molecule has 2 nitrogen and oxygen atoms in total. The van der Waals surface area contributed by atoms with Crippen molar-refractivity contribution in [2.45, 2.75) is 25.0 Å². The number of alkyl halides is 1. The van der Waals surface area contributed by atoms with Gasteiger partial charge in [-0.2, -0.15) is 0 Å². The van der Waals surface area contributed by atoms with E-state index in [9.17, 15) is 0 Å². The average molecular weight is 411 g/mol. The molecule has 1 aromatic carbocycles. The minimum Gasteiger partial charge on any atom is -0.381 e. The van der Waals surface area contributed by atoms with E-state index in [1.54, 1.807) is 0 Å². The zero-order valence-electron chi connectivity index (χ0n) is 9.57. The molecule has 0 radical (unpaired) electrons. The molecule has 1 aromatic rings. The molecule has 1 unspecified atom stereocenters. The highest BCUT2D eigenvalue weighted by Gasteiger charge is 2.21. The Hall–Kier alpha value is 0.350. The van der Waals surface area contributed by atoms with E-state index in [4.69, 9.17) is 9.47 Å². The van der Waals surface area contributed by atoms with Crippen molar-refractivity contribution in [3.05, 3.63) is 34.3 Å². The van der Waals surface area contributed by atoms with Gasteiger partial charge in [0.25, 0.3) is 0 Å². The van der Waals surface area contributed by atoms with Crippen LogP contribution in [0.5, 0.6) is 0 Å². The zero-order valence-corrected chi connectivity index (χ0v) is 13.3. The van der Waals surface area contributed by atoms with Gasteiger partial charge in [0, 0.05) is 22.1 Å². The number of hydrogen-bond donors (Lipinski definition) is 0. The average Bonchev–Trinajstić information content (AvgIpc) is 2.38. The molecule has 1 aliphatic rings. The Morgan fingerprint density at radius 2 is 2.06 bits per heavy atom. The zero-order chi connectivity index (χ0) is 12.1. The lowest BCUT2D eigenvalue weighted by atomic mass is 10.1. The van der Waals surface area contributed by atoms with E-state index in [1.165, 1.54) is 5.56 Å². The Labute approximate surface area is 124 Å². The summed E-state index contributed by atoms with van der Waals surface area (Å²) in [5.74, 6) is 0. The van der Waals surface area contributed by atoms with Crippen LogP contribution in [0.1, 0.15) is 24.5 Å². The molecule has 1 atom stereocenters. The summed E-state index contributed by atoms with van der Waals surface area (Å²) in [6.07, 6.45) is 2.54. The number of ether oxygens (including phenoxy) is 2. The predicted octanol–water partition coefficient (Wildman–Crippen LogP) is 4.12. The molecule has 1 heterocycles. The first-order chi connectivity index (χ1) is 8.31. The van der Waals surface area contributed by atoms with Gasteiger partial charge < -0.3 is 9.47 Å². The van der Waals surface area contributed by atoms with Gasteiger partial charge >= 0.3 is 0 Å². The second-order valence-corrected chi connectivity index (χ2v) is 5.85. The Morgan fingerprint density at radius 1 is 1.35 bits per heavy atom. The van der Waals surface area contributed by atoms with E-state index in [0.29, 0.717) is 6.10 Å². The summed E-state index contributed by atoms with van der Waals surface area (Å²) < 4.78 is 13.6. The van der Waals surface area contributed by atoms with Gasteiger partial charge in [-0.3, -0.25) is 0 Å². The highest BCUT2D eigenvalue weighted by Crippen LogP contribution is 2.30. The molecule has 0 aliphatic carbocycles. The maximum atomic E-state index is 6.19. The molecule has 0 saturated carbocycles. The first-order valence-electron chi connectivity index (χ1n) is 5.85. The third-order valence-electron chi connectivity index (χ3n) is 2.92. The smallest absolute Gasteiger partial charge is 0.0928 e. The Morgan fingerprint density at radius 3 is 2.71 bits per heavy atom. The Balaban J connectivity index is 2.03. The van der Waals surface area contributed by atoms with Crippen LogP contribution in [0.25, 0.3) is 0 Å². The van der Waals surface area contributed by atoms with Crippen molar-refractivity contribution in [2.75, 3.05) is 17.6 Å². The molecule has 0 spiro atoms. The molecule has 0 N–H and O–H groups in total. The second kappa shape index (κ2) is 7.07. The maximum Gasteiger partial charge on any atom is 0.0928 e. The molecule has 1 aliphatic heterocycles. The van der Waals surface area contributed by atoms with Gasteiger partial charge in [-0.25, -0.2) is 0 Å². The molecular formula is C13H16BrIO2.